The third-order valence-corrected chi connectivity index (χ3v) is 5.03. The van der Waals surface area contributed by atoms with Crippen LogP contribution in [0.1, 0.15) is 40.0 Å². The number of nitrogens with one attached hydrogen (secondary N) is 2. The zero-order chi connectivity index (χ0) is 20.0. The predicted octanol–water partition coefficient (Wildman–Crippen LogP) is 3.18. The molecule has 1 unspecified atom stereocenters. The van der Waals surface area contributed by atoms with Crippen molar-refractivity contribution < 1.29 is 14.4 Å². The van der Waals surface area contributed by atoms with Crippen molar-refractivity contribution in [3.8, 4) is 0 Å². The zero-order valence-electron chi connectivity index (χ0n) is 16.2. The van der Waals surface area contributed by atoms with Gasteiger partial charge in [0.25, 0.3) is 0 Å². The Hall–Kier alpha value is -1.89. The number of nitrogens with zero attached hydrogens (tertiary/aromatic N) is 1. The minimum Gasteiger partial charge on any atom is -0.355 e. The lowest BCUT2D eigenvalue weighted by molar-refractivity contribution is -0.142. The molecule has 1 aliphatic heterocycles. The molecule has 0 saturated carbocycles. The lowest BCUT2D eigenvalue weighted by Crippen LogP contribution is -2.48. The van der Waals surface area contributed by atoms with E-state index in [0.717, 1.165) is 23.0 Å². The van der Waals surface area contributed by atoms with Crippen LogP contribution < -0.4 is 10.6 Å². The molecule has 1 aliphatic rings. The van der Waals surface area contributed by atoms with Crippen LogP contribution in [0.25, 0.3) is 0 Å². The summed E-state index contributed by atoms with van der Waals surface area (Å²) in [5, 5.41) is 5.63. The van der Waals surface area contributed by atoms with E-state index in [9.17, 15) is 14.4 Å². The molecule has 148 valence electrons. The molecular weight excluding hydrogens is 410 g/mol. The minimum absolute atomic E-state index is 0.0777. The second kappa shape index (κ2) is 9.35. The van der Waals surface area contributed by atoms with E-state index in [1.54, 1.807) is 4.90 Å². The highest BCUT2D eigenvalue weighted by Crippen LogP contribution is 2.23. The number of likely N-dealkylation sites (tertiary alicyclic amines) is 1. The molecule has 0 radical (unpaired) electrons. The number of piperidine rings is 1. The van der Waals surface area contributed by atoms with Crippen LogP contribution in [0.3, 0.4) is 0 Å². The van der Waals surface area contributed by atoms with Crippen LogP contribution in [0, 0.1) is 11.3 Å². The van der Waals surface area contributed by atoms with Gasteiger partial charge in [-0.25, -0.2) is 0 Å². The highest BCUT2D eigenvalue weighted by atomic mass is 79.9. The van der Waals surface area contributed by atoms with Crippen molar-refractivity contribution in [2.24, 2.45) is 11.3 Å². The van der Waals surface area contributed by atoms with Crippen LogP contribution in [0.2, 0.25) is 0 Å². The highest BCUT2D eigenvalue weighted by Gasteiger charge is 2.33. The van der Waals surface area contributed by atoms with Gasteiger partial charge >= 0.3 is 0 Å². The number of hydrogen-bond donors (Lipinski definition) is 2. The summed E-state index contributed by atoms with van der Waals surface area (Å²) in [5.74, 6) is -0.364. The van der Waals surface area contributed by atoms with Crippen molar-refractivity contribution in [2.45, 2.75) is 40.0 Å². The molecule has 1 atom stereocenters. The molecule has 1 aromatic carbocycles. The third-order valence-electron chi connectivity index (χ3n) is 4.50. The maximum atomic E-state index is 12.4. The van der Waals surface area contributed by atoms with E-state index in [4.69, 9.17) is 0 Å². The van der Waals surface area contributed by atoms with Gasteiger partial charge in [0, 0.05) is 41.6 Å². The van der Waals surface area contributed by atoms with E-state index in [1.807, 2.05) is 45.0 Å². The number of amides is 3. The largest absolute Gasteiger partial charge is 0.355 e. The molecule has 7 heteroatoms. The second-order valence-corrected chi connectivity index (χ2v) is 8.85. The molecule has 1 aromatic rings. The summed E-state index contributed by atoms with van der Waals surface area (Å²) in [4.78, 5) is 38.6. The van der Waals surface area contributed by atoms with Crippen molar-refractivity contribution in [2.75, 3.05) is 25.0 Å². The van der Waals surface area contributed by atoms with Gasteiger partial charge in [0.05, 0.1) is 5.92 Å². The van der Waals surface area contributed by atoms with E-state index in [-0.39, 0.29) is 36.6 Å². The van der Waals surface area contributed by atoms with E-state index in [0.29, 0.717) is 13.1 Å². The molecule has 0 spiro atoms. The van der Waals surface area contributed by atoms with Gasteiger partial charge in [0.1, 0.15) is 0 Å². The fraction of sp³-hybridized carbons (Fsp3) is 0.550. The summed E-state index contributed by atoms with van der Waals surface area (Å²) in [7, 11) is 0. The number of halogens is 1. The topological polar surface area (TPSA) is 78.5 Å². The van der Waals surface area contributed by atoms with Gasteiger partial charge in [0.2, 0.25) is 17.7 Å². The van der Waals surface area contributed by atoms with Gasteiger partial charge in [0.15, 0.2) is 0 Å². The molecule has 1 heterocycles. The lowest BCUT2D eigenvalue weighted by Gasteiger charge is -2.35. The molecule has 0 bridgehead atoms. The molecule has 0 aromatic heterocycles. The molecule has 0 aliphatic carbocycles. The molecular formula is C20H28BrN3O3. The average Bonchev–Trinajstić information content (AvgIpc) is 2.62. The van der Waals surface area contributed by atoms with E-state index in [2.05, 4.69) is 26.6 Å². The standard InChI is InChI=1S/C20H28BrN3O3/c1-20(2,3)19(27)24-12-4-5-14(13-24)18(26)22-11-10-17(25)23-16-8-6-15(21)7-9-16/h6-9,14H,4-5,10-13H2,1-3H3,(H,22,26)(H,23,25). The van der Waals surface area contributed by atoms with Crippen molar-refractivity contribution in [1.82, 2.24) is 10.2 Å². The Labute approximate surface area is 169 Å². The maximum Gasteiger partial charge on any atom is 0.227 e. The Balaban J connectivity index is 1.75. The Morgan fingerprint density at radius 2 is 1.85 bits per heavy atom. The first kappa shape index (κ1) is 21.4. The number of benzene rings is 1. The van der Waals surface area contributed by atoms with E-state index < -0.39 is 5.41 Å². The molecule has 3 amide bonds. The molecule has 6 nitrogen and oxygen atoms in total. The van der Waals surface area contributed by atoms with Crippen LogP contribution in [0.5, 0.6) is 0 Å². The second-order valence-electron chi connectivity index (χ2n) is 7.94. The third kappa shape index (κ3) is 6.65. The maximum absolute atomic E-state index is 12.4. The lowest BCUT2D eigenvalue weighted by atomic mass is 9.91. The van der Waals surface area contributed by atoms with Gasteiger partial charge in [-0.05, 0) is 37.1 Å². The Bertz CT molecular complexity index is 683. The zero-order valence-corrected chi connectivity index (χ0v) is 17.8. The van der Waals surface area contributed by atoms with E-state index in [1.165, 1.54) is 0 Å². The average molecular weight is 438 g/mol. The first-order valence-electron chi connectivity index (χ1n) is 9.29. The summed E-state index contributed by atoms with van der Waals surface area (Å²) in [6, 6.07) is 7.32. The molecule has 1 saturated heterocycles. The molecule has 1 fully saturated rings. The van der Waals surface area contributed by atoms with Crippen LogP contribution in [-0.4, -0.2) is 42.3 Å². The number of carbonyl (C=O) groups excluding carboxylic acids is 3. The Kier molecular flexibility index (Phi) is 7.41. The van der Waals surface area contributed by atoms with Crippen LogP contribution in [-0.2, 0) is 14.4 Å². The van der Waals surface area contributed by atoms with Gasteiger partial charge in [-0.2, -0.15) is 0 Å². The summed E-state index contributed by atoms with van der Waals surface area (Å²) in [6.45, 7) is 7.11. The quantitative estimate of drug-likeness (QED) is 0.742. The Morgan fingerprint density at radius 3 is 2.48 bits per heavy atom. The fourth-order valence-corrected chi connectivity index (χ4v) is 3.31. The number of rotatable bonds is 5. The first-order chi connectivity index (χ1) is 12.7. The van der Waals surface area contributed by atoms with Crippen LogP contribution >= 0.6 is 15.9 Å². The van der Waals surface area contributed by atoms with Crippen molar-refractivity contribution >= 4 is 39.3 Å². The fourth-order valence-electron chi connectivity index (χ4n) is 3.05. The minimum atomic E-state index is -0.441. The highest BCUT2D eigenvalue weighted by molar-refractivity contribution is 9.10. The monoisotopic (exact) mass is 437 g/mol. The predicted molar refractivity (Wildman–Crippen MR) is 109 cm³/mol. The van der Waals surface area contributed by atoms with Gasteiger partial charge in [-0.15, -0.1) is 0 Å². The summed E-state index contributed by atoms with van der Waals surface area (Å²) in [5.41, 5.74) is 0.280. The SMILES string of the molecule is CC(C)(C)C(=O)N1CCCC(C(=O)NCCC(=O)Nc2ccc(Br)cc2)C1. The van der Waals surface area contributed by atoms with Gasteiger partial charge < -0.3 is 15.5 Å². The summed E-state index contributed by atoms with van der Waals surface area (Å²) >= 11 is 3.35. The van der Waals surface area contributed by atoms with Crippen molar-refractivity contribution in [1.29, 1.82) is 0 Å². The van der Waals surface area contributed by atoms with Crippen LogP contribution in [0.4, 0.5) is 5.69 Å². The number of carbonyl (C=O) groups is 3. The first-order valence-corrected chi connectivity index (χ1v) is 10.1. The number of hydrogen-bond acceptors (Lipinski definition) is 3. The molecule has 2 rings (SSSR count). The van der Waals surface area contributed by atoms with E-state index >= 15 is 0 Å². The summed E-state index contributed by atoms with van der Waals surface area (Å²) < 4.78 is 0.944. The smallest absolute Gasteiger partial charge is 0.227 e. The molecule has 2 N–H and O–H groups in total. The Morgan fingerprint density at radius 1 is 1.19 bits per heavy atom. The van der Waals surface area contributed by atoms with Crippen molar-refractivity contribution in [3.63, 3.8) is 0 Å². The van der Waals surface area contributed by atoms with Crippen LogP contribution in [0.15, 0.2) is 28.7 Å². The van der Waals surface area contributed by atoms with Gasteiger partial charge in [-0.3, -0.25) is 14.4 Å². The molecule has 27 heavy (non-hydrogen) atoms. The normalized spacial score (nSPS) is 17.3. The van der Waals surface area contributed by atoms with Gasteiger partial charge in [-0.1, -0.05) is 36.7 Å². The number of anilines is 1. The van der Waals surface area contributed by atoms with Crippen molar-refractivity contribution in [3.05, 3.63) is 28.7 Å². The summed E-state index contributed by atoms with van der Waals surface area (Å²) in [6.07, 6.45) is 1.80.